The fourth-order valence-corrected chi connectivity index (χ4v) is 1.46. The van der Waals surface area contributed by atoms with Crippen molar-refractivity contribution in [2.45, 2.75) is 13.0 Å². The second-order valence-electron chi connectivity index (χ2n) is 3.20. The molecule has 0 aromatic heterocycles. The minimum absolute atomic E-state index is 0.328. The first-order chi connectivity index (χ1) is 7.08. The van der Waals surface area contributed by atoms with Crippen molar-refractivity contribution < 1.29 is 18.8 Å². The molecule has 0 spiro atoms. The number of halogens is 1. The second kappa shape index (κ2) is 5.25. The number of aryl methyl sites for hydroxylation is 1. The molecule has 0 aliphatic heterocycles. The lowest BCUT2D eigenvalue weighted by Gasteiger charge is -2.09. The quantitative estimate of drug-likeness (QED) is 0.877. The zero-order valence-electron chi connectivity index (χ0n) is 8.11. The Morgan fingerprint density at radius 1 is 1.53 bits per heavy atom. The lowest BCUT2D eigenvalue weighted by molar-refractivity contribution is 0.0779. The third-order valence-electron chi connectivity index (χ3n) is 1.96. The lowest BCUT2D eigenvalue weighted by atomic mass is 10.0. The zero-order valence-corrected chi connectivity index (χ0v) is 9.69. The van der Waals surface area contributed by atoms with Crippen molar-refractivity contribution in [2.75, 3.05) is 6.61 Å². The molecule has 0 saturated carbocycles. The van der Waals surface area contributed by atoms with E-state index in [0.29, 0.717) is 11.1 Å². The van der Waals surface area contributed by atoms with Gasteiger partial charge in [-0.1, -0.05) is 6.07 Å². The number of hydrogen-bond donors (Lipinski definition) is 2. The Labute approximate surface area is 95.9 Å². The summed E-state index contributed by atoms with van der Waals surface area (Å²) in [6.07, 6.45) is -0.980. The molecule has 82 valence electrons. The highest BCUT2D eigenvalue weighted by Crippen LogP contribution is 2.17. The van der Waals surface area contributed by atoms with Crippen molar-refractivity contribution in [1.82, 2.24) is 0 Å². The summed E-state index contributed by atoms with van der Waals surface area (Å²) >= 11 is 2.59. The Morgan fingerprint density at radius 3 is 2.73 bits per heavy atom. The number of aliphatic hydroxyl groups excluding tert-OH is 2. The molecule has 1 aromatic carbocycles. The van der Waals surface area contributed by atoms with Crippen LogP contribution in [0.4, 0.5) is 0 Å². The number of benzene rings is 1. The van der Waals surface area contributed by atoms with Gasteiger partial charge in [-0.15, -0.1) is 0 Å². The largest absolute Gasteiger partial charge is 0.393 e. The Balaban J connectivity index is 3.10. The highest BCUT2D eigenvalue weighted by molar-refractivity contribution is 9.06. The van der Waals surface area contributed by atoms with Gasteiger partial charge in [0.2, 0.25) is 0 Å². The third-order valence-corrected chi connectivity index (χ3v) is 2.26. The van der Waals surface area contributed by atoms with E-state index >= 15 is 0 Å². The van der Waals surface area contributed by atoms with Crippen LogP contribution in [0.2, 0.25) is 0 Å². The summed E-state index contributed by atoms with van der Waals surface area (Å²) in [5, 5.41) is 18.2. The molecule has 1 aromatic rings. The molecule has 15 heavy (non-hydrogen) atoms. The van der Waals surface area contributed by atoms with E-state index in [9.17, 15) is 9.90 Å². The summed E-state index contributed by atoms with van der Waals surface area (Å²) in [5.41, 5.74) is 1.63. The van der Waals surface area contributed by atoms with Crippen LogP contribution in [0, 0.1) is 6.92 Å². The van der Waals surface area contributed by atoms with E-state index in [1.54, 1.807) is 19.1 Å². The maximum Gasteiger partial charge on any atom is 0.349 e. The highest BCUT2D eigenvalue weighted by Gasteiger charge is 2.12. The van der Waals surface area contributed by atoms with Crippen molar-refractivity contribution >= 4 is 22.2 Å². The van der Waals surface area contributed by atoms with Crippen LogP contribution < -0.4 is 0 Å². The van der Waals surface area contributed by atoms with Gasteiger partial charge in [-0.3, -0.25) is 0 Å². The minimum Gasteiger partial charge on any atom is -0.393 e. The first-order valence-corrected chi connectivity index (χ1v) is 4.96. The van der Waals surface area contributed by atoms with Crippen LogP contribution in [0.3, 0.4) is 0 Å². The number of rotatable bonds is 3. The van der Waals surface area contributed by atoms with Crippen LogP contribution in [0.25, 0.3) is 0 Å². The predicted molar refractivity (Wildman–Crippen MR) is 57.6 cm³/mol. The molecule has 4 nitrogen and oxygen atoms in total. The van der Waals surface area contributed by atoms with Crippen molar-refractivity contribution in [1.29, 1.82) is 0 Å². The molecular formula is C10H11BrO4. The molecule has 0 bridgehead atoms. The van der Waals surface area contributed by atoms with Crippen LogP contribution in [-0.2, 0) is 3.83 Å². The first kappa shape index (κ1) is 12.2. The van der Waals surface area contributed by atoms with Crippen LogP contribution >= 0.6 is 16.3 Å². The summed E-state index contributed by atoms with van der Waals surface area (Å²) in [4.78, 5) is 11.2. The van der Waals surface area contributed by atoms with Gasteiger partial charge < -0.3 is 14.0 Å². The molecule has 0 aliphatic carbocycles. The van der Waals surface area contributed by atoms with Crippen LogP contribution in [0.15, 0.2) is 18.2 Å². The monoisotopic (exact) mass is 274 g/mol. The molecule has 2 N–H and O–H groups in total. The van der Waals surface area contributed by atoms with E-state index < -0.39 is 12.1 Å². The van der Waals surface area contributed by atoms with Gasteiger partial charge in [0, 0.05) is 0 Å². The third kappa shape index (κ3) is 3.02. The number of carbonyl (C=O) groups excluding carboxylic acids is 1. The molecule has 0 fully saturated rings. The molecule has 1 atom stereocenters. The fraction of sp³-hybridized carbons (Fsp3) is 0.300. The van der Waals surface area contributed by atoms with Crippen molar-refractivity contribution in [2.24, 2.45) is 0 Å². The second-order valence-corrected chi connectivity index (χ2v) is 3.52. The average Bonchev–Trinajstić information content (AvgIpc) is 2.26. The number of aliphatic hydroxyl groups is 2. The summed E-state index contributed by atoms with van der Waals surface area (Å²) in [6.45, 7) is 1.41. The Bertz CT molecular complexity index is 364. The smallest absolute Gasteiger partial charge is 0.349 e. The Kier molecular flexibility index (Phi) is 4.26. The van der Waals surface area contributed by atoms with Gasteiger partial charge in [0.1, 0.15) is 6.10 Å². The van der Waals surface area contributed by atoms with Gasteiger partial charge in [0.25, 0.3) is 0 Å². The Morgan fingerprint density at radius 2 is 2.20 bits per heavy atom. The molecule has 5 heteroatoms. The molecule has 0 heterocycles. The minimum atomic E-state index is -0.980. The van der Waals surface area contributed by atoms with Gasteiger partial charge in [0.05, 0.1) is 12.2 Å². The SMILES string of the molecule is Cc1cc(C(=O)OBr)cc(C(O)CO)c1. The number of hydrogen-bond acceptors (Lipinski definition) is 4. The van der Waals surface area contributed by atoms with E-state index in [4.69, 9.17) is 5.11 Å². The van der Waals surface area contributed by atoms with Crippen LogP contribution in [0.1, 0.15) is 27.6 Å². The van der Waals surface area contributed by atoms with Crippen LogP contribution in [0.5, 0.6) is 0 Å². The van der Waals surface area contributed by atoms with Crippen LogP contribution in [-0.4, -0.2) is 22.8 Å². The van der Waals surface area contributed by atoms with E-state index in [1.165, 1.54) is 6.07 Å². The maximum atomic E-state index is 11.2. The molecule has 1 rings (SSSR count). The van der Waals surface area contributed by atoms with E-state index in [1.807, 2.05) is 0 Å². The van der Waals surface area contributed by atoms with Gasteiger partial charge in [-0.2, -0.15) is 0 Å². The topological polar surface area (TPSA) is 66.8 Å². The highest BCUT2D eigenvalue weighted by atomic mass is 79.9. The Hall–Kier alpha value is -0.910. The van der Waals surface area contributed by atoms with Crippen molar-refractivity contribution in [3.8, 4) is 0 Å². The molecular weight excluding hydrogens is 264 g/mol. The predicted octanol–water partition coefficient (Wildman–Crippen LogP) is 1.49. The summed E-state index contributed by atoms with van der Waals surface area (Å²) in [5.74, 6) is -0.537. The van der Waals surface area contributed by atoms with E-state index in [0.717, 1.165) is 5.56 Å². The molecule has 0 amide bonds. The van der Waals surface area contributed by atoms with Crippen molar-refractivity contribution in [3.05, 3.63) is 34.9 Å². The molecule has 0 saturated heterocycles. The normalized spacial score (nSPS) is 12.3. The zero-order chi connectivity index (χ0) is 11.4. The average molecular weight is 275 g/mol. The van der Waals surface area contributed by atoms with E-state index in [-0.39, 0.29) is 6.61 Å². The van der Waals surface area contributed by atoms with E-state index in [2.05, 4.69) is 20.1 Å². The van der Waals surface area contributed by atoms with Gasteiger partial charge in [-0.05, 0) is 30.2 Å². The maximum absolute atomic E-state index is 11.2. The summed E-state index contributed by atoms with van der Waals surface area (Å²) in [7, 11) is 0. The van der Waals surface area contributed by atoms with Gasteiger partial charge in [0.15, 0.2) is 16.3 Å². The standard InChI is InChI=1S/C10H11BrO4/c1-6-2-7(9(13)5-12)4-8(3-6)10(14)15-11/h2-4,9,12-13H,5H2,1H3. The molecule has 0 radical (unpaired) electrons. The lowest BCUT2D eigenvalue weighted by Crippen LogP contribution is -2.06. The summed E-state index contributed by atoms with van der Waals surface area (Å²) < 4.78 is 4.39. The fourth-order valence-electron chi connectivity index (χ4n) is 1.27. The molecule has 1 unspecified atom stereocenters. The number of carbonyl (C=O) groups is 1. The molecule has 0 aliphatic rings. The van der Waals surface area contributed by atoms with Gasteiger partial charge in [-0.25, -0.2) is 4.79 Å². The van der Waals surface area contributed by atoms with Crippen molar-refractivity contribution in [3.63, 3.8) is 0 Å². The summed E-state index contributed by atoms with van der Waals surface area (Å²) in [6, 6.07) is 4.82. The first-order valence-electron chi connectivity index (χ1n) is 4.32. The van der Waals surface area contributed by atoms with Gasteiger partial charge >= 0.3 is 5.97 Å².